The predicted octanol–water partition coefficient (Wildman–Crippen LogP) is 1.91. The summed E-state index contributed by atoms with van der Waals surface area (Å²) >= 11 is 0. The average Bonchev–Trinajstić information content (AvgIpc) is 2.85. The Hall–Kier alpha value is -1.33. The van der Waals surface area contributed by atoms with Crippen molar-refractivity contribution in [3.8, 4) is 0 Å². The summed E-state index contributed by atoms with van der Waals surface area (Å²) in [7, 11) is 2.79. The maximum Gasteiger partial charge on any atom is 0.373 e. The van der Waals surface area contributed by atoms with E-state index in [9.17, 15) is 9.90 Å². The fourth-order valence-corrected chi connectivity index (χ4v) is 1.46. The number of carbonyl (C=O) groups is 1. The largest absolute Gasteiger partial charge is 0.463 e. The van der Waals surface area contributed by atoms with E-state index in [1.807, 2.05) is 6.92 Å². The van der Waals surface area contributed by atoms with Gasteiger partial charge in [-0.1, -0.05) is 6.92 Å². The van der Waals surface area contributed by atoms with Crippen LogP contribution in [0.3, 0.4) is 0 Å². The molecule has 0 amide bonds. The minimum Gasteiger partial charge on any atom is -0.463 e. The van der Waals surface area contributed by atoms with Crippen LogP contribution in [-0.2, 0) is 9.47 Å². The highest BCUT2D eigenvalue weighted by atomic mass is 16.5. The summed E-state index contributed by atoms with van der Waals surface area (Å²) in [5.41, 5.74) is -0.745. The van der Waals surface area contributed by atoms with E-state index >= 15 is 0 Å². The number of esters is 1. The van der Waals surface area contributed by atoms with Crippen molar-refractivity contribution in [2.24, 2.45) is 0 Å². The smallest absolute Gasteiger partial charge is 0.373 e. The minimum absolute atomic E-state index is 0.0658. The third kappa shape index (κ3) is 2.68. The lowest BCUT2D eigenvalue weighted by molar-refractivity contribution is -0.102. The second-order valence-electron chi connectivity index (χ2n) is 3.97. The summed E-state index contributed by atoms with van der Waals surface area (Å²) < 4.78 is 15.0. The van der Waals surface area contributed by atoms with Crippen molar-refractivity contribution >= 4 is 5.97 Å². The van der Waals surface area contributed by atoms with Crippen LogP contribution in [0.2, 0.25) is 0 Å². The van der Waals surface area contributed by atoms with Crippen molar-refractivity contribution in [1.29, 1.82) is 0 Å². The van der Waals surface area contributed by atoms with Gasteiger partial charge < -0.3 is 19.0 Å². The Balaban J connectivity index is 2.93. The molecule has 0 aromatic carbocycles. The van der Waals surface area contributed by atoms with Gasteiger partial charge >= 0.3 is 5.97 Å². The molecule has 1 heterocycles. The van der Waals surface area contributed by atoms with Gasteiger partial charge in [-0.15, -0.1) is 0 Å². The van der Waals surface area contributed by atoms with E-state index in [0.717, 1.165) is 0 Å². The van der Waals surface area contributed by atoms with Gasteiger partial charge in [0.2, 0.25) is 5.76 Å². The average molecular weight is 242 g/mol. The molecule has 1 aromatic heterocycles. The molecule has 96 valence electrons. The van der Waals surface area contributed by atoms with Gasteiger partial charge in [0.25, 0.3) is 0 Å². The van der Waals surface area contributed by atoms with Crippen LogP contribution in [0, 0.1) is 0 Å². The van der Waals surface area contributed by atoms with Crippen LogP contribution in [0.1, 0.15) is 42.7 Å². The van der Waals surface area contributed by atoms with E-state index in [1.165, 1.54) is 20.3 Å². The van der Waals surface area contributed by atoms with Crippen LogP contribution < -0.4 is 0 Å². The van der Waals surface area contributed by atoms with E-state index in [4.69, 9.17) is 9.15 Å². The molecule has 0 fully saturated rings. The molecule has 0 aliphatic carbocycles. The van der Waals surface area contributed by atoms with E-state index in [2.05, 4.69) is 4.74 Å². The number of furan rings is 1. The van der Waals surface area contributed by atoms with Crippen LogP contribution >= 0.6 is 0 Å². The van der Waals surface area contributed by atoms with Crippen LogP contribution in [0.15, 0.2) is 16.5 Å². The van der Waals surface area contributed by atoms with Crippen molar-refractivity contribution in [3.63, 3.8) is 0 Å². The number of aliphatic hydroxyl groups excluding tert-OH is 1. The quantitative estimate of drug-likeness (QED) is 0.799. The monoisotopic (exact) mass is 242 g/mol. The van der Waals surface area contributed by atoms with Crippen molar-refractivity contribution in [2.75, 3.05) is 14.2 Å². The van der Waals surface area contributed by atoms with Crippen LogP contribution in [0.4, 0.5) is 0 Å². The summed E-state index contributed by atoms with van der Waals surface area (Å²) in [6.45, 7) is 3.68. The molecule has 0 radical (unpaired) electrons. The first kappa shape index (κ1) is 13.7. The first-order valence-corrected chi connectivity index (χ1v) is 5.39. The summed E-state index contributed by atoms with van der Waals surface area (Å²) in [4.78, 5) is 11.2. The molecule has 5 nitrogen and oxygen atoms in total. The standard InChI is InChI=1S/C12H18O5/c1-5-12(2,16-4)10(13)8-6-7-9(17-8)11(14)15-3/h6-7,10,13H,5H2,1-4H3. The van der Waals surface area contributed by atoms with Gasteiger partial charge in [-0.05, 0) is 25.5 Å². The molecule has 0 saturated carbocycles. The molecule has 5 heteroatoms. The first-order valence-electron chi connectivity index (χ1n) is 5.39. The van der Waals surface area contributed by atoms with E-state index < -0.39 is 17.7 Å². The van der Waals surface area contributed by atoms with E-state index in [1.54, 1.807) is 13.0 Å². The van der Waals surface area contributed by atoms with Crippen molar-refractivity contribution in [2.45, 2.75) is 32.0 Å². The molecular formula is C12H18O5. The molecule has 0 saturated heterocycles. The zero-order valence-electron chi connectivity index (χ0n) is 10.5. The zero-order chi connectivity index (χ0) is 13.1. The second kappa shape index (κ2) is 5.33. The third-order valence-corrected chi connectivity index (χ3v) is 3.03. The fraction of sp³-hybridized carbons (Fsp3) is 0.583. The number of hydrogen-bond acceptors (Lipinski definition) is 5. The van der Waals surface area contributed by atoms with Crippen molar-refractivity contribution in [3.05, 3.63) is 23.7 Å². The van der Waals surface area contributed by atoms with Crippen molar-refractivity contribution < 1.29 is 23.8 Å². The number of rotatable bonds is 5. The maximum atomic E-state index is 11.2. The molecular weight excluding hydrogens is 224 g/mol. The van der Waals surface area contributed by atoms with Gasteiger partial charge in [-0.25, -0.2) is 4.79 Å². The lowest BCUT2D eigenvalue weighted by Crippen LogP contribution is -2.34. The molecule has 0 aliphatic heterocycles. The molecule has 17 heavy (non-hydrogen) atoms. The summed E-state index contributed by atoms with van der Waals surface area (Å²) in [6.07, 6.45) is -0.324. The Bertz CT molecular complexity index is 378. The molecule has 0 aliphatic rings. The Morgan fingerprint density at radius 2 is 2.18 bits per heavy atom. The third-order valence-electron chi connectivity index (χ3n) is 3.03. The number of ether oxygens (including phenoxy) is 2. The molecule has 2 atom stereocenters. The summed E-state index contributed by atoms with van der Waals surface area (Å²) in [6, 6.07) is 3.01. The molecule has 0 bridgehead atoms. The number of methoxy groups -OCH3 is 2. The maximum absolute atomic E-state index is 11.2. The highest BCUT2D eigenvalue weighted by molar-refractivity contribution is 5.86. The topological polar surface area (TPSA) is 68.9 Å². The summed E-state index contributed by atoms with van der Waals surface area (Å²) in [5.74, 6) is -0.216. The lowest BCUT2D eigenvalue weighted by atomic mass is 9.94. The first-order chi connectivity index (χ1) is 7.98. The molecule has 2 unspecified atom stereocenters. The van der Waals surface area contributed by atoms with Gasteiger partial charge in [-0.3, -0.25) is 0 Å². The normalized spacial score (nSPS) is 16.3. The number of aliphatic hydroxyl groups is 1. The zero-order valence-corrected chi connectivity index (χ0v) is 10.5. The Labute approximate surface area is 100 Å². The fourth-order valence-electron chi connectivity index (χ4n) is 1.46. The van der Waals surface area contributed by atoms with Gasteiger partial charge in [0, 0.05) is 7.11 Å². The molecule has 1 aromatic rings. The predicted molar refractivity (Wildman–Crippen MR) is 60.7 cm³/mol. The van der Waals surface area contributed by atoms with Crippen LogP contribution in [0.5, 0.6) is 0 Å². The van der Waals surface area contributed by atoms with Gasteiger partial charge in [0.05, 0.1) is 12.7 Å². The van der Waals surface area contributed by atoms with Gasteiger partial charge in [0.1, 0.15) is 11.9 Å². The lowest BCUT2D eigenvalue weighted by Gasteiger charge is -2.30. The molecule has 1 rings (SSSR count). The second-order valence-corrected chi connectivity index (χ2v) is 3.97. The van der Waals surface area contributed by atoms with E-state index in [-0.39, 0.29) is 11.5 Å². The Morgan fingerprint density at radius 1 is 1.53 bits per heavy atom. The Morgan fingerprint density at radius 3 is 2.65 bits per heavy atom. The highest BCUT2D eigenvalue weighted by Crippen LogP contribution is 2.32. The van der Waals surface area contributed by atoms with Crippen LogP contribution in [0.25, 0.3) is 0 Å². The van der Waals surface area contributed by atoms with Crippen molar-refractivity contribution in [1.82, 2.24) is 0 Å². The molecule has 0 spiro atoms. The molecule has 1 N–H and O–H groups in total. The van der Waals surface area contributed by atoms with Gasteiger partial charge in [-0.2, -0.15) is 0 Å². The van der Waals surface area contributed by atoms with E-state index in [0.29, 0.717) is 6.42 Å². The van der Waals surface area contributed by atoms with Gasteiger partial charge in [0.15, 0.2) is 0 Å². The SMILES string of the molecule is CCC(C)(OC)C(O)c1ccc(C(=O)OC)o1. The van der Waals surface area contributed by atoms with Crippen LogP contribution in [-0.4, -0.2) is 30.9 Å². The highest BCUT2D eigenvalue weighted by Gasteiger charge is 2.34. The summed E-state index contributed by atoms with van der Waals surface area (Å²) in [5, 5.41) is 10.1. The Kier molecular flexibility index (Phi) is 4.31. The minimum atomic E-state index is -0.934. The number of carbonyl (C=O) groups excluding carboxylic acids is 1. The number of hydrogen-bond donors (Lipinski definition) is 1.